The first kappa shape index (κ1) is 17.9. The Morgan fingerprint density at radius 3 is 2.92 bits per heavy atom. The maximum atomic E-state index is 13.5. The number of hydrogen-bond acceptors (Lipinski definition) is 4. The second-order valence-corrected chi connectivity index (χ2v) is 7.54. The summed E-state index contributed by atoms with van der Waals surface area (Å²) in [6.45, 7) is 5.10. The van der Waals surface area contributed by atoms with E-state index in [1.54, 1.807) is 28.6 Å². The maximum Gasteiger partial charge on any atom is 0.297 e. The van der Waals surface area contributed by atoms with Crippen molar-refractivity contribution in [1.29, 1.82) is 0 Å². The number of carbonyl (C=O) groups excluding carboxylic acids is 1. The van der Waals surface area contributed by atoms with Crippen LogP contribution in [0.4, 0.5) is 4.39 Å². The zero-order chi connectivity index (χ0) is 18.0. The Labute approximate surface area is 153 Å². The van der Waals surface area contributed by atoms with Crippen molar-refractivity contribution in [2.24, 2.45) is 4.99 Å². The van der Waals surface area contributed by atoms with Gasteiger partial charge < -0.3 is 4.57 Å². The van der Waals surface area contributed by atoms with Gasteiger partial charge >= 0.3 is 0 Å². The van der Waals surface area contributed by atoms with Gasteiger partial charge in [-0.25, -0.2) is 4.39 Å². The minimum atomic E-state index is -0.327. The SMILES string of the molecule is CCn1nc(C)cc1C(=O)N=c1sc2cc(F)ccc2n1CCSC. The minimum absolute atomic E-state index is 0.289. The van der Waals surface area contributed by atoms with Crippen molar-refractivity contribution in [3.63, 3.8) is 0 Å². The van der Waals surface area contributed by atoms with Crippen LogP contribution in [0.3, 0.4) is 0 Å². The number of aryl methyl sites for hydroxylation is 3. The Morgan fingerprint density at radius 1 is 1.40 bits per heavy atom. The quantitative estimate of drug-likeness (QED) is 0.683. The number of benzene rings is 1. The summed E-state index contributed by atoms with van der Waals surface area (Å²) in [7, 11) is 0. The third-order valence-electron chi connectivity index (χ3n) is 3.78. The molecule has 1 aromatic carbocycles. The molecule has 0 saturated carbocycles. The molecule has 0 aliphatic carbocycles. The largest absolute Gasteiger partial charge is 0.316 e. The van der Waals surface area contributed by atoms with Crippen LogP contribution in [-0.2, 0) is 13.1 Å². The number of thiazole rings is 1. The molecule has 3 rings (SSSR count). The summed E-state index contributed by atoms with van der Waals surface area (Å²) in [6, 6.07) is 6.41. The summed E-state index contributed by atoms with van der Waals surface area (Å²) >= 11 is 3.04. The molecule has 0 saturated heterocycles. The lowest BCUT2D eigenvalue weighted by Crippen LogP contribution is -2.19. The molecule has 8 heteroatoms. The molecule has 0 spiro atoms. The third-order valence-corrected chi connectivity index (χ3v) is 5.41. The molecule has 0 aliphatic heterocycles. The van der Waals surface area contributed by atoms with Crippen LogP contribution in [-0.4, -0.2) is 32.3 Å². The molecule has 2 aromatic heterocycles. The fraction of sp³-hybridized carbons (Fsp3) is 0.353. The summed E-state index contributed by atoms with van der Waals surface area (Å²) in [6.07, 6.45) is 2.03. The average Bonchev–Trinajstić information content (AvgIpc) is 3.12. The van der Waals surface area contributed by atoms with E-state index in [0.717, 1.165) is 21.7 Å². The van der Waals surface area contributed by atoms with Crippen molar-refractivity contribution in [3.8, 4) is 0 Å². The third kappa shape index (κ3) is 3.69. The lowest BCUT2D eigenvalue weighted by molar-refractivity contribution is 0.0987. The van der Waals surface area contributed by atoms with E-state index in [-0.39, 0.29) is 11.7 Å². The summed E-state index contributed by atoms with van der Waals surface area (Å²) in [5, 5.41) is 4.30. The lowest BCUT2D eigenvalue weighted by Gasteiger charge is -2.04. The summed E-state index contributed by atoms with van der Waals surface area (Å²) in [4.78, 5) is 17.6. The molecule has 5 nitrogen and oxygen atoms in total. The Morgan fingerprint density at radius 2 is 2.20 bits per heavy atom. The maximum absolute atomic E-state index is 13.5. The predicted molar refractivity (Wildman–Crippen MR) is 101 cm³/mol. The van der Waals surface area contributed by atoms with Gasteiger partial charge in [0.05, 0.1) is 15.9 Å². The molecular formula is C17H19FN4OS2. The van der Waals surface area contributed by atoms with Gasteiger partial charge in [0.2, 0.25) is 0 Å². The standard InChI is InChI=1S/C17H19FN4OS2/c1-4-22-14(9-11(2)20-22)16(23)19-17-21(7-8-24-3)13-6-5-12(18)10-15(13)25-17/h5-6,9-10H,4,7-8H2,1-3H3. The topological polar surface area (TPSA) is 52.2 Å². The van der Waals surface area contributed by atoms with Crippen LogP contribution in [0.2, 0.25) is 0 Å². The number of hydrogen-bond donors (Lipinski definition) is 0. The van der Waals surface area contributed by atoms with Gasteiger partial charge in [-0.1, -0.05) is 11.3 Å². The number of rotatable bonds is 5. The van der Waals surface area contributed by atoms with E-state index in [1.165, 1.54) is 23.5 Å². The van der Waals surface area contributed by atoms with Gasteiger partial charge in [0.25, 0.3) is 5.91 Å². The number of carbonyl (C=O) groups is 1. The Bertz CT molecular complexity index is 986. The molecule has 1 amide bonds. The van der Waals surface area contributed by atoms with Crippen molar-refractivity contribution >= 4 is 39.2 Å². The number of thioether (sulfide) groups is 1. The van der Waals surface area contributed by atoms with Gasteiger partial charge in [-0.15, -0.1) is 0 Å². The first-order valence-corrected chi connectivity index (χ1v) is 10.2. The summed E-state index contributed by atoms with van der Waals surface area (Å²) in [5.41, 5.74) is 2.15. The van der Waals surface area contributed by atoms with Crippen LogP contribution in [0.1, 0.15) is 23.1 Å². The van der Waals surface area contributed by atoms with E-state index >= 15 is 0 Å². The van der Waals surface area contributed by atoms with E-state index in [1.807, 2.05) is 24.7 Å². The number of fused-ring (bicyclic) bond motifs is 1. The molecule has 0 aliphatic rings. The molecule has 0 atom stereocenters. The monoisotopic (exact) mass is 378 g/mol. The Kier molecular flexibility index (Phi) is 5.39. The first-order chi connectivity index (χ1) is 12.0. The molecule has 3 aromatic rings. The van der Waals surface area contributed by atoms with E-state index in [4.69, 9.17) is 0 Å². The zero-order valence-corrected chi connectivity index (χ0v) is 16.0. The van der Waals surface area contributed by atoms with Crippen LogP contribution < -0.4 is 4.80 Å². The Hall–Kier alpha value is -1.93. The molecule has 132 valence electrons. The molecule has 0 fully saturated rings. The highest BCUT2D eigenvalue weighted by Crippen LogP contribution is 2.19. The van der Waals surface area contributed by atoms with Crippen LogP contribution in [0, 0.1) is 12.7 Å². The number of amides is 1. The summed E-state index contributed by atoms with van der Waals surface area (Å²) in [5.74, 6) is 0.270. The second kappa shape index (κ2) is 7.53. The molecule has 25 heavy (non-hydrogen) atoms. The normalized spacial score (nSPS) is 12.2. The predicted octanol–water partition coefficient (Wildman–Crippen LogP) is 3.47. The highest BCUT2D eigenvalue weighted by molar-refractivity contribution is 7.98. The molecule has 0 radical (unpaired) electrons. The van der Waals surface area contributed by atoms with Crippen molar-refractivity contribution in [2.75, 3.05) is 12.0 Å². The first-order valence-electron chi connectivity index (χ1n) is 7.94. The fourth-order valence-electron chi connectivity index (χ4n) is 2.63. The summed E-state index contributed by atoms with van der Waals surface area (Å²) < 4.78 is 18.0. The van der Waals surface area contributed by atoms with E-state index in [9.17, 15) is 9.18 Å². The van der Waals surface area contributed by atoms with Crippen molar-refractivity contribution in [1.82, 2.24) is 14.3 Å². The van der Waals surface area contributed by atoms with Crippen molar-refractivity contribution in [2.45, 2.75) is 26.9 Å². The molecule has 2 heterocycles. The average molecular weight is 378 g/mol. The van der Waals surface area contributed by atoms with Gasteiger partial charge in [-0.05, 0) is 44.4 Å². The van der Waals surface area contributed by atoms with Gasteiger partial charge in [0.1, 0.15) is 11.5 Å². The smallest absolute Gasteiger partial charge is 0.297 e. The number of halogens is 1. The van der Waals surface area contributed by atoms with Gasteiger partial charge in [-0.3, -0.25) is 9.48 Å². The van der Waals surface area contributed by atoms with Gasteiger partial charge in [0.15, 0.2) is 4.80 Å². The van der Waals surface area contributed by atoms with Crippen LogP contribution in [0.15, 0.2) is 29.3 Å². The lowest BCUT2D eigenvalue weighted by atomic mass is 10.3. The van der Waals surface area contributed by atoms with Gasteiger partial charge in [0, 0.05) is 18.8 Å². The molecule has 0 bridgehead atoms. The molecule has 0 N–H and O–H groups in total. The van der Waals surface area contributed by atoms with Gasteiger partial charge in [-0.2, -0.15) is 21.9 Å². The van der Waals surface area contributed by atoms with Crippen molar-refractivity contribution in [3.05, 3.63) is 46.3 Å². The number of aromatic nitrogens is 3. The van der Waals surface area contributed by atoms with E-state index < -0.39 is 0 Å². The van der Waals surface area contributed by atoms with Crippen LogP contribution >= 0.6 is 23.1 Å². The van der Waals surface area contributed by atoms with E-state index in [0.29, 0.717) is 23.6 Å². The zero-order valence-electron chi connectivity index (χ0n) is 14.3. The van der Waals surface area contributed by atoms with Crippen LogP contribution in [0.25, 0.3) is 10.2 Å². The second-order valence-electron chi connectivity index (χ2n) is 5.54. The highest BCUT2D eigenvalue weighted by Gasteiger charge is 2.14. The number of nitrogens with zero attached hydrogens (tertiary/aromatic N) is 4. The molecular weight excluding hydrogens is 359 g/mol. The van der Waals surface area contributed by atoms with Crippen molar-refractivity contribution < 1.29 is 9.18 Å². The van der Waals surface area contributed by atoms with E-state index in [2.05, 4.69) is 10.1 Å². The Balaban J connectivity index is 2.12. The molecule has 0 unspecified atom stereocenters. The van der Waals surface area contributed by atoms with Crippen LogP contribution in [0.5, 0.6) is 0 Å². The highest BCUT2D eigenvalue weighted by atomic mass is 32.2. The fourth-order valence-corrected chi connectivity index (χ4v) is 4.08. The minimum Gasteiger partial charge on any atom is -0.316 e.